The van der Waals surface area contributed by atoms with Gasteiger partial charge in [-0.3, -0.25) is 9.59 Å². The number of esters is 2. The molecule has 0 aromatic rings. The van der Waals surface area contributed by atoms with Crippen LogP contribution in [0.25, 0.3) is 0 Å². The Labute approximate surface area is 374 Å². The third kappa shape index (κ3) is 41.9. The molecule has 1 N–H and O–H groups in total. The lowest BCUT2D eigenvalue weighted by atomic mass is 10.1. The molecule has 0 aromatic heterocycles. The highest BCUT2D eigenvalue weighted by molar-refractivity contribution is 5.72. The number of allylic oxidation sites excluding steroid dienone is 12. The van der Waals surface area contributed by atoms with Crippen molar-refractivity contribution >= 4 is 17.9 Å². The van der Waals surface area contributed by atoms with Gasteiger partial charge in [-0.05, 0) is 70.6 Å². The number of ether oxygens (including phenoxy) is 3. The van der Waals surface area contributed by atoms with Crippen LogP contribution < -0.4 is 0 Å². The maximum atomic E-state index is 12.8. The first-order chi connectivity index (χ1) is 29.6. The second kappa shape index (κ2) is 43.4. The Balaban J connectivity index is 4.34. The Morgan fingerprint density at radius 3 is 1.49 bits per heavy atom. The van der Waals surface area contributed by atoms with E-state index in [0.717, 1.165) is 89.9 Å². The van der Waals surface area contributed by atoms with Gasteiger partial charge in [0, 0.05) is 19.3 Å². The molecule has 0 saturated carbocycles. The van der Waals surface area contributed by atoms with Crippen LogP contribution >= 0.6 is 0 Å². The number of carboxylic acid groups (broad SMARTS) is 1. The molecule has 0 saturated heterocycles. The van der Waals surface area contributed by atoms with E-state index in [1.54, 1.807) is 0 Å². The summed E-state index contributed by atoms with van der Waals surface area (Å²) in [6, 6.07) is -0.622. The summed E-state index contributed by atoms with van der Waals surface area (Å²) in [5.74, 6) is -1.50. The van der Waals surface area contributed by atoms with E-state index < -0.39 is 18.1 Å². The van der Waals surface area contributed by atoms with E-state index in [1.165, 1.54) is 70.6 Å². The number of hydrogen-bond donors (Lipinski definition) is 1. The van der Waals surface area contributed by atoms with Crippen molar-refractivity contribution in [2.45, 2.75) is 206 Å². The minimum atomic E-state index is -0.881. The van der Waals surface area contributed by atoms with Crippen LogP contribution in [0, 0.1) is 0 Å². The van der Waals surface area contributed by atoms with Crippen molar-refractivity contribution < 1.29 is 38.2 Å². The molecular weight excluding hydrogens is 763 g/mol. The molecule has 0 aromatic carbocycles. The van der Waals surface area contributed by atoms with Gasteiger partial charge in [0.1, 0.15) is 6.61 Å². The first-order valence-electron chi connectivity index (χ1n) is 24.5. The number of unbranched alkanes of at least 4 members (excludes halogenated alkanes) is 19. The van der Waals surface area contributed by atoms with Gasteiger partial charge in [0.05, 0.1) is 34.4 Å². The van der Waals surface area contributed by atoms with Gasteiger partial charge in [-0.1, -0.05) is 177 Å². The van der Waals surface area contributed by atoms with Crippen LogP contribution in [0.15, 0.2) is 72.9 Å². The maximum Gasteiger partial charge on any atom is 0.362 e. The summed E-state index contributed by atoms with van der Waals surface area (Å²) in [4.78, 5) is 37.1. The second-order valence-corrected chi connectivity index (χ2v) is 17.4. The van der Waals surface area contributed by atoms with Crippen molar-refractivity contribution in [1.29, 1.82) is 0 Å². The molecule has 0 aliphatic rings. The molecule has 8 heteroatoms. The molecule has 0 rings (SSSR count). The fourth-order valence-corrected chi connectivity index (χ4v) is 6.87. The van der Waals surface area contributed by atoms with Crippen molar-refractivity contribution in [2.24, 2.45) is 0 Å². The largest absolute Gasteiger partial charge is 0.477 e. The predicted molar refractivity (Wildman–Crippen MR) is 257 cm³/mol. The van der Waals surface area contributed by atoms with Gasteiger partial charge in [-0.15, -0.1) is 0 Å². The molecule has 350 valence electrons. The number of aliphatic carboxylic acids is 1. The zero-order valence-electron chi connectivity index (χ0n) is 39.8. The first-order valence-corrected chi connectivity index (χ1v) is 24.5. The monoisotopic (exact) mass is 855 g/mol. The SMILES string of the molecule is CC/C=C/C/C=C/C/C=C/CCCCCCCCCCCC(=O)OC(COCCC(C(=O)O)[N+](C)(C)C)COC(=O)CCCCCCC/C=C/C=C/C=C/CCCCCCC. The number of likely N-dealkylation sites (N-methyl/N-ethyl adjacent to an activating group) is 1. The number of hydrogen-bond acceptors (Lipinski definition) is 6. The molecule has 0 heterocycles. The topological polar surface area (TPSA) is 99.1 Å². The number of quaternary nitrogens is 1. The van der Waals surface area contributed by atoms with Gasteiger partial charge in [0.15, 0.2) is 12.1 Å². The summed E-state index contributed by atoms with van der Waals surface area (Å²) in [6.07, 6.45) is 55.1. The minimum Gasteiger partial charge on any atom is -0.477 e. The van der Waals surface area contributed by atoms with Crippen LogP contribution in [0.5, 0.6) is 0 Å². The van der Waals surface area contributed by atoms with Gasteiger partial charge in [0.2, 0.25) is 0 Å². The predicted octanol–water partition coefficient (Wildman–Crippen LogP) is 13.9. The minimum absolute atomic E-state index is 0.0491. The van der Waals surface area contributed by atoms with Crippen molar-refractivity contribution in [3.8, 4) is 0 Å². The Kier molecular flexibility index (Phi) is 41.1. The van der Waals surface area contributed by atoms with Crippen LogP contribution in [0.1, 0.15) is 194 Å². The number of carbonyl (C=O) groups excluding carboxylic acids is 2. The summed E-state index contributed by atoms with van der Waals surface area (Å²) in [7, 11) is 5.52. The third-order valence-corrected chi connectivity index (χ3v) is 10.7. The lowest BCUT2D eigenvalue weighted by Crippen LogP contribution is -2.50. The zero-order valence-corrected chi connectivity index (χ0v) is 39.8. The molecular formula is C53H92NO7+. The molecule has 61 heavy (non-hydrogen) atoms. The van der Waals surface area contributed by atoms with Crippen molar-refractivity contribution in [1.82, 2.24) is 0 Å². The number of nitrogens with zero attached hydrogens (tertiary/aromatic N) is 1. The van der Waals surface area contributed by atoms with Crippen LogP contribution in [0.2, 0.25) is 0 Å². The van der Waals surface area contributed by atoms with Gasteiger partial charge in [-0.2, -0.15) is 0 Å². The lowest BCUT2D eigenvalue weighted by Gasteiger charge is -2.31. The maximum absolute atomic E-state index is 12.8. The van der Waals surface area contributed by atoms with E-state index in [1.807, 2.05) is 21.1 Å². The van der Waals surface area contributed by atoms with E-state index in [9.17, 15) is 19.5 Å². The molecule has 2 unspecified atom stereocenters. The molecule has 0 fully saturated rings. The molecule has 0 bridgehead atoms. The second-order valence-electron chi connectivity index (χ2n) is 17.4. The summed E-state index contributed by atoms with van der Waals surface area (Å²) < 4.78 is 17.3. The normalized spacial score (nSPS) is 13.5. The molecule has 0 amide bonds. The zero-order chi connectivity index (χ0) is 44.9. The van der Waals surface area contributed by atoms with Gasteiger partial charge in [-0.25, -0.2) is 4.79 Å². The van der Waals surface area contributed by atoms with Gasteiger partial charge >= 0.3 is 17.9 Å². The van der Waals surface area contributed by atoms with Crippen LogP contribution in [0.3, 0.4) is 0 Å². The number of rotatable bonds is 43. The highest BCUT2D eigenvalue weighted by Crippen LogP contribution is 2.14. The Bertz CT molecular complexity index is 1230. The summed E-state index contributed by atoms with van der Waals surface area (Å²) in [5, 5.41) is 9.64. The fraction of sp³-hybridized carbons (Fsp3) is 0.717. The van der Waals surface area contributed by atoms with Gasteiger partial charge in [0.25, 0.3) is 0 Å². The summed E-state index contributed by atoms with van der Waals surface area (Å²) >= 11 is 0. The fourth-order valence-electron chi connectivity index (χ4n) is 6.87. The number of carbonyl (C=O) groups is 3. The van der Waals surface area contributed by atoms with Gasteiger partial charge < -0.3 is 23.8 Å². The summed E-state index contributed by atoms with van der Waals surface area (Å²) in [5.41, 5.74) is 0. The Hall–Kier alpha value is -3.23. The van der Waals surface area contributed by atoms with Crippen LogP contribution in [-0.2, 0) is 28.6 Å². The van der Waals surface area contributed by atoms with Crippen molar-refractivity contribution in [3.63, 3.8) is 0 Å². The van der Waals surface area contributed by atoms with Crippen LogP contribution in [0.4, 0.5) is 0 Å². The molecule has 0 aliphatic heterocycles. The van der Waals surface area contributed by atoms with E-state index >= 15 is 0 Å². The van der Waals surface area contributed by atoms with E-state index in [2.05, 4.69) is 86.8 Å². The van der Waals surface area contributed by atoms with E-state index in [-0.39, 0.29) is 36.2 Å². The quantitative estimate of drug-likeness (QED) is 0.0214. The smallest absolute Gasteiger partial charge is 0.362 e. The highest BCUT2D eigenvalue weighted by atomic mass is 16.6. The Morgan fingerprint density at radius 1 is 0.525 bits per heavy atom. The van der Waals surface area contributed by atoms with Crippen LogP contribution in [-0.4, -0.2) is 80.6 Å². The highest BCUT2D eigenvalue weighted by Gasteiger charge is 2.31. The molecule has 2 atom stereocenters. The lowest BCUT2D eigenvalue weighted by molar-refractivity contribution is -0.887. The average Bonchev–Trinajstić information content (AvgIpc) is 3.22. The molecule has 0 spiro atoms. The third-order valence-electron chi connectivity index (χ3n) is 10.7. The first kappa shape index (κ1) is 57.8. The average molecular weight is 855 g/mol. The number of carboxylic acids is 1. The molecule has 0 radical (unpaired) electrons. The molecule has 8 nitrogen and oxygen atoms in total. The van der Waals surface area contributed by atoms with Crippen molar-refractivity contribution in [3.05, 3.63) is 72.9 Å². The van der Waals surface area contributed by atoms with E-state index in [0.29, 0.717) is 19.3 Å². The standard InChI is InChI=1S/C53H91NO7/c1-6-8-10-12-14-16-18-20-22-24-26-28-30-32-34-36-38-40-42-44-52(56)61-49(47-59-46-45-50(53(57)58)54(3,4)5)48-60-51(55)43-41-39-37-35-33-31-29-27-25-23-21-19-17-15-13-11-9-7-2/h8,10,14,16,19-23,25,27,29,49-50H,6-7,9,11-13,15,17-18,24,26,28,30-48H2,1-5H3/p+1/b10-8+,16-14+,21-19+,22-20+,25-23+,29-27+. The molecule has 0 aliphatic carbocycles. The Morgan fingerprint density at radius 2 is 0.984 bits per heavy atom. The van der Waals surface area contributed by atoms with E-state index in [4.69, 9.17) is 14.2 Å². The van der Waals surface area contributed by atoms with Crippen molar-refractivity contribution in [2.75, 3.05) is 41.0 Å². The summed E-state index contributed by atoms with van der Waals surface area (Å²) in [6.45, 7) is 4.59.